The quantitative estimate of drug-likeness (QED) is 0.832. The third-order valence-corrected chi connectivity index (χ3v) is 3.63. The molecular weight excluding hydrogens is 243 g/mol. The summed E-state index contributed by atoms with van der Waals surface area (Å²) in [6, 6.07) is 5.17. The minimum absolute atomic E-state index is 0.0349. The van der Waals surface area contributed by atoms with Gasteiger partial charge in [-0.05, 0) is 38.9 Å². The van der Waals surface area contributed by atoms with Gasteiger partial charge in [0.15, 0.2) is 0 Å². The Hall–Kier alpha value is -1.13. The van der Waals surface area contributed by atoms with Crippen LogP contribution in [0.4, 0.5) is 10.1 Å². The van der Waals surface area contributed by atoms with Gasteiger partial charge in [0.1, 0.15) is 5.82 Å². The van der Waals surface area contributed by atoms with Crippen LogP contribution >= 0.6 is 0 Å². The second kappa shape index (κ2) is 6.35. The molecule has 0 bridgehead atoms. The Bertz CT molecular complexity index is 421. The second-order valence-corrected chi connectivity index (χ2v) is 5.49. The maximum Gasteiger partial charge on any atom is 0.146 e. The third kappa shape index (κ3) is 3.45. The molecule has 4 heteroatoms. The number of benzene rings is 1. The Morgan fingerprint density at radius 3 is 2.58 bits per heavy atom. The summed E-state index contributed by atoms with van der Waals surface area (Å²) in [6.07, 6.45) is 0. The fourth-order valence-corrected chi connectivity index (χ4v) is 2.06. The number of para-hydroxylation sites is 1. The summed E-state index contributed by atoms with van der Waals surface area (Å²) in [5, 5.41) is 12.8. The first kappa shape index (κ1) is 15.9. The van der Waals surface area contributed by atoms with E-state index in [-0.39, 0.29) is 18.5 Å². The van der Waals surface area contributed by atoms with E-state index < -0.39 is 5.54 Å². The van der Waals surface area contributed by atoms with E-state index in [1.807, 2.05) is 45.7 Å². The summed E-state index contributed by atoms with van der Waals surface area (Å²) in [4.78, 5) is 1.81. The van der Waals surface area contributed by atoms with Crippen molar-refractivity contribution < 1.29 is 9.50 Å². The van der Waals surface area contributed by atoms with Gasteiger partial charge < -0.3 is 15.3 Å². The number of aliphatic hydroxyl groups is 1. The standard InChI is InChI=1S/C15H25FN2O/c1-6-17-11(2)12-8-7-9-13(16)14(12)18(5)15(3,4)10-19/h7-9,11,17,19H,6,10H2,1-5H3. The third-order valence-electron chi connectivity index (χ3n) is 3.63. The van der Waals surface area contributed by atoms with Crippen molar-refractivity contribution >= 4 is 5.69 Å². The first-order valence-electron chi connectivity index (χ1n) is 6.71. The van der Waals surface area contributed by atoms with Gasteiger partial charge in [0, 0.05) is 13.1 Å². The van der Waals surface area contributed by atoms with Crippen molar-refractivity contribution in [2.45, 2.75) is 39.3 Å². The summed E-state index contributed by atoms with van der Waals surface area (Å²) in [7, 11) is 1.82. The average Bonchev–Trinajstić information content (AvgIpc) is 2.37. The maximum absolute atomic E-state index is 14.2. The van der Waals surface area contributed by atoms with E-state index in [2.05, 4.69) is 5.32 Å². The molecule has 0 heterocycles. The van der Waals surface area contributed by atoms with Gasteiger partial charge in [-0.15, -0.1) is 0 Å². The summed E-state index contributed by atoms with van der Waals surface area (Å²) in [6.45, 7) is 8.61. The van der Waals surface area contributed by atoms with Crippen LogP contribution in [0.5, 0.6) is 0 Å². The molecule has 19 heavy (non-hydrogen) atoms. The first-order valence-corrected chi connectivity index (χ1v) is 6.71. The fourth-order valence-electron chi connectivity index (χ4n) is 2.06. The van der Waals surface area contributed by atoms with Gasteiger partial charge in [-0.2, -0.15) is 0 Å². The molecule has 0 amide bonds. The molecule has 1 aromatic rings. The number of rotatable bonds is 6. The highest BCUT2D eigenvalue weighted by Gasteiger charge is 2.27. The molecule has 108 valence electrons. The normalized spacial score (nSPS) is 13.4. The zero-order valence-electron chi connectivity index (χ0n) is 12.5. The Balaban J connectivity index is 3.25. The van der Waals surface area contributed by atoms with Crippen molar-refractivity contribution in [1.29, 1.82) is 0 Å². The molecule has 0 spiro atoms. The van der Waals surface area contributed by atoms with E-state index in [9.17, 15) is 9.50 Å². The number of hydrogen-bond donors (Lipinski definition) is 2. The zero-order chi connectivity index (χ0) is 14.6. The number of halogens is 1. The summed E-state index contributed by atoms with van der Waals surface area (Å²) < 4.78 is 14.2. The molecular formula is C15H25FN2O. The molecule has 0 saturated heterocycles. The van der Waals surface area contributed by atoms with Gasteiger partial charge in [0.05, 0.1) is 17.8 Å². The van der Waals surface area contributed by atoms with Gasteiger partial charge in [-0.3, -0.25) is 0 Å². The van der Waals surface area contributed by atoms with E-state index in [0.717, 1.165) is 12.1 Å². The Morgan fingerprint density at radius 1 is 1.42 bits per heavy atom. The first-order chi connectivity index (χ1) is 8.85. The van der Waals surface area contributed by atoms with Crippen LogP contribution in [0, 0.1) is 5.82 Å². The maximum atomic E-state index is 14.2. The highest BCUT2D eigenvalue weighted by atomic mass is 19.1. The van der Waals surface area contributed by atoms with Crippen LogP contribution < -0.4 is 10.2 Å². The smallest absolute Gasteiger partial charge is 0.146 e. The Kier molecular flexibility index (Phi) is 5.32. The van der Waals surface area contributed by atoms with Crippen molar-refractivity contribution in [2.75, 3.05) is 25.1 Å². The molecule has 1 unspecified atom stereocenters. The van der Waals surface area contributed by atoms with Crippen LogP contribution in [0.1, 0.15) is 39.3 Å². The summed E-state index contributed by atoms with van der Waals surface area (Å²) >= 11 is 0. The van der Waals surface area contributed by atoms with Crippen LogP contribution in [0.3, 0.4) is 0 Å². The van der Waals surface area contributed by atoms with Crippen molar-refractivity contribution in [1.82, 2.24) is 5.32 Å². The van der Waals surface area contributed by atoms with E-state index in [1.54, 1.807) is 6.07 Å². The lowest BCUT2D eigenvalue weighted by Gasteiger charge is -2.38. The highest BCUT2D eigenvalue weighted by Crippen LogP contribution is 2.32. The number of nitrogens with zero attached hydrogens (tertiary/aromatic N) is 1. The summed E-state index contributed by atoms with van der Waals surface area (Å²) in [5.41, 5.74) is 0.948. The number of aliphatic hydroxyl groups excluding tert-OH is 1. The molecule has 0 aromatic heterocycles. The summed E-state index contributed by atoms with van der Waals surface area (Å²) in [5.74, 6) is -0.258. The molecule has 0 radical (unpaired) electrons. The lowest BCUT2D eigenvalue weighted by atomic mass is 9.99. The van der Waals surface area contributed by atoms with Gasteiger partial charge in [0.25, 0.3) is 0 Å². The van der Waals surface area contributed by atoms with Gasteiger partial charge in [-0.1, -0.05) is 19.1 Å². The fraction of sp³-hybridized carbons (Fsp3) is 0.600. The minimum atomic E-state index is -0.511. The monoisotopic (exact) mass is 268 g/mol. The lowest BCUT2D eigenvalue weighted by Crippen LogP contribution is -2.45. The minimum Gasteiger partial charge on any atom is -0.394 e. The zero-order valence-corrected chi connectivity index (χ0v) is 12.5. The molecule has 0 fully saturated rings. The Labute approximate surface area is 115 Å². The van der Waals surface area contributed by atoms with Crippen molar-refractivity contribution in [3.8, 4) is 0 Å². The number of hydrogen-bond acceptors (Lipinski definition) is 3. The van der Waals surface area contributed by atoms with Crippen molar-refractivity contribution in [3.05, 3.63) is 29.6 Å². The molecule has 0 aliphatic carbocycles. The van der Waals surface area contributed by atoms with E-state index >= 15 is 0 Å². The van der Waals surface area contributed by atoms with Crippen LogP contribution in [-0.2, 0) is 0 Å². The average molecular weight is 268 g/mol. The van der Waals surface area contributed by atoms with Crippen LogP contribution in [0.25, 0.3) is 0 Å². The molecule has 0 aliphatic heterocycles. The van der Waals surface area contributed by atoms with Crippen molar-refractivity contribution in [2.24, 2.45) is 0 Å². The molecule has 0 aliphatic rings. The number of likely N-dealkylation sites (N-methyl/N-ethyl adjacent to an activating group) is 1. The second-order valence-electron chi connectivity index (χ2n) is 5.49. The largest absolute Gasteiger partial charge is 0.394 e. The van der Waals surface area contributed by atoms with E-state index in [1.165, 1.54) is 6.07 Å². The van der Waals surface area contributed by atoms with Crippen molar-refractivity contribution in [3.63, 3.8) is 0 Å². The molecule has 0 saturated carbocycles. The molecule has 2 N–H and O–H groups in total. The molecule has 3 nitrogen and oxygen atoms in total. The van der Waals surface area contributed by atoms with Crippen LogP contribution in [0.2, 0.25) is 0 Å². The Morgan fingerprint density at radius 2 is 2.05 bits per heavy atom. The van der Waals surface area contributed by atoms with Crippen LogP contribution in [0.15, 0.2) is 18.2 Å². The number of anilines is 1. The molecule has 1 atom stereocenters. The van der Waals surface area contributed by atoms with Gasteiger partial charge in [0.2, 0.25) is 0 Å². The van der Waals surface area contributed by atoms with Gasteiger partial charge in [-0.25, -0.2) is 4.39 Å². The highest BCUT2D eigenvalue weighted by molar-refractivity contribution is 5.57. The van der Waals surface area contributed by atoms with E-state index in [4.69, 9.17) is 0 Å². The number of nitrogens with one attached hydrogen (secondary N) is 1. The van der Waals surface area contributed by atoms with Gasteiger partial charge >= 0.3 is 0 Å². The van der Waals surface area contributed by atoms with E-state index in [0.29, 0.717) is 5.69 Å². The molecule has 1 aromatic carbocycles. The lowest BCUT2D eigenvalue weighted by molar-refractivity contribution is 0.215. The SMILES string of the molecule is CCNC(C)c1cccc(F)c1N(C)C(C)(C)CO. The predicted octanol–water partition coefficient (Wildman–Crippen LogP) is 2.70. The topological polar surface area (TPSA) is 35.5 Å². The predicted molar refractivity (Wildman–Crippen MR) is 78.1 cm³/mol. The van der Waals surface area contributed by atoms with Crippen LogP contribution in [-0.4, -0.2) is 30.8 Å². The molecule has 1 rings (SSSR count).